The molecule has 2 amide bonds. The molecule has 0 saturated carbocycles. The van der Waals surface area contributed by atoms with Crippen LogP contribution in [0, 0.1) is 0 Å². The molecule has 0 aliphatic carbocycles. The largest absolute Gasteiger partial charge is 0.497 e. The lowest BCUT2D eigenvalue weighted by Gasteiger charge is -2.37. The summed E-state index contributed by atoms with van der Waals surface area (Å²) in [7, 11) is 3.18. The summed E-state index contributed by atoms with van der Waals surface area (Å²) in [4.78, 5) is 31.7. The van der Waals surface area contributed by atoms with Crippen LogP contribution in [0.15, 0.2) is 60.0 Å². The van der Waals surface area contributed by atoms with E-state index in [1.807, 2.05) is 43.0 Å². The molecule has 0 radical (unpaired) electrons. The summed E-state index contributed by atoms with van der Waals surface area (Å²) >= 11 is 1.71. The maximum Gasteiger partial charge on any atom is 0.254 e. The molecule has 1 atom stereocenters. The quantitative estimate of drug-likeness (QED) is 0.415. The van der Waals surface area contributed by atoms with Gasteiger partial charge in [0, 0.05) is 29.1 Å². The molecule has 7 nitrogen and oxygen atoms in total. The fraction of sp³-hybridized carbons (Fsp3) is 0.357. The second-order valence-corrected chi connectivity index (χ2v) is 9.90. The Morgan fingerprint density at radius 1 is 1.03 bits per heavy atom. The maximum absolute atomic E-state index is 13.7. The van der Waals surface area contributed by atoms with Crippen molar-refractivity contribution in [1.82, 2.24) is 9.80 Å². The van der Waals surface area contributed by atoms with Crippen LogP contribution in [0.2, 0.25) is 0 Å². The van der Waals surface area contributed by atoms with Crippen molar-refractivity contribution in [2.75, 3.05) is 33.9 Å². The summed E-state index contributed by atoms with van der Waals surface area (Å²) in [5, 5.41) is 2.06. The van der Waals surface area contributed by atoms with Crippen LogP contribution in [-0.4, -0.2) is 61.6 Å². The highest BCUT2D eigenvalue weighted by Crippen LogP contribution is 2.34. The van der Waals surface area contributed by atoms with Crippen molar-refractivity contribution in [3.8, 4) is 17.2 Å². The Labute approximate surface area is 216 Å². The minimum atomic E-state index is -0.236. The maximum atomic E-state index is 13.7. The van der Waals surface area contributed by atoms with Crippen LogP contribution in [0.3, 0.4) is 0 Å². The zero-order chi connectivity index (χ0) is 25.7. The summed E-state index contributed by atoms with van der Waals surface area (Å²) in [6.45, 7) is 4.72. The first-order chi connectivity index (χ1) is 17.4. The van der Waals surface area contributed by atoms with Gasteiger partial charge < -0.3 is 24.0 Å². The molecule has 8 heteroatoms. The van der Waals surface area contributed by atoms with E-state index in [2.05, 4.69) is 11.4 Å². The molecule has 0 saturated heterocycles. The summed E-state index contributed by atoms with van der Waals surface area (Å²) < 4.78 is 16.7. The smallest absolute Gasteiger partial charge is 0.254 e. The van der Waals surface area contributed by atoms with E-state index in [0.29, 0.717) is 36.0 Å². The van der Waals surface area contributed by atoms with Crippen LogP contribution in [0.25, 0.3) is 0 Å². The molecule has 0 bridgehead atoms. The molecule has 0 N–H and O–H groups in total. The molecule has 1 aliphatic heterocycles. The molecular formula is C28H32N2O5S. The topological polar surface area (TPSA) is 68.3 Å². The predicted molar refractivity (Wildman–Crippen MR) is 140 cm³/mol. The van der Waals surface area contributed by atoms with Gasteiger partial charge in [-0.2, -0.15) is 0 Å². The lowest BCUT2D eigenvalue weighted by Crippen LogP contribution is -2.49. The van der Waals surface area contributed by atoms with Gasteiger partial charge >= 0.3 is 0 Å². The van der Waals surface area contributed by atoms with Crippen LogP contribution < -0.4 is 14.2 Å². The lowest BCUT2D eigenvalue weighted by molar-refractivity contribution is -0.136. The third kappa shape index (κ3) is 5.65. The Hall–Kier alpha value is -3.52. The van der Waals surface area contributed by atoms with Crippen molar-refractivity contribution in [1.29, 1.82) is 0 Å². The monoisotopic (exact) mass is 508 g/mol. The van der Waals surface area contributed by atoms with Crippen LogP contribution >= 0.6 is 11.3 Å². The van der Waals surface area contributed by atoms with Gasteiger partial charge in [0.15, 0.2) is 0 Å². The second kappa shape index (κ2) is 11.5. The second-order valence-electron chi connectivity index (χ2n) is 8.90. The number of methoxy groups -OCH3 is 2. The van der Waals surface area contributed by atoms with Crippen LogP contribution in [0.5, 0.6) is 17.2 Å². The number of thiophene rings is 1. The molecule has 2 heterocycles. The molecule has 0 fully saturated rings. The fourth-order valence-corrected chi connectivity index (χ4v) is 5.32. The van der Waals surface area contributed by atoms with E-state index < -0.39 is 0 Å². The number of rotatable bonds is 9. The summed E-state index contributed by atoms with van der Waals surface area (Å²) in [5.41, 5.74) is 1.60. The number of fused-ring (bicyclic) bond motifs is 1. The van der Waals surface area contributed by atoms with E-state index in [1.54, 1.807) is 54.7 Å². The summed E-state index contributed by atoms with van der Waals surface area (Å²) in [5.74, 6) is 1.70. The average molecular weight is 509 g/mol. The first-order valence-corrected chi connectivity index (χ1v) is 12.9. The summed E-state index contributed by atoms with van der Waals surface area (Å²) in [6, 6.07) is 16.1. The molecule has 1 aromatic heterocycles. The number of ether oxygens (including phenoxy) is 3. The highest BCUT2D eigenvalue weighted by molar-refractivity contribution is 7.10. The van der Waals surface area contributed by atoms with Crippen molar-refractivity contribution in [3.05, 3.63) is 76.0 Å². The fourth-order valence-electron chi connectivity index (χ4n) is 4.39. The number of carbonyl (C=O) groups is 2. The average Bonchev–Trinajstić information content (AvgIpc) is 3.39. The molecule has 4 rings (SSSR count). The first-order valence-electron chi connectivity index (χ1n) is 12.0. The van der Waals surface area contributed by atoms with E-state index in [1.165, 1.54) is 4.88 Å². The van der Waals surface area contributed by atoms with Gasteiger partial charge in [-0.05, 0) is 67.6 Å². The Bertz CT molecular complexity index is 1210. The SMILES string of the molecule is COc1cccc(OCC2c3ccsc3CCN2C(=O)CN(C(=O)c2cccc(OC)c2)C(C)C)c1. The Morgan fingerprint density at radius 2 is 1.72 bits per heavy atom. The third-order valence-corrected chi connectivity index (χ3v) is 7.37. The minimum absolute atomic E-state index is 0.0111. The molecule has 190 valence electrons. The normalized spacial score (nSPS) is 14.8. The van der Waals surface area contributed by atoms with Gasteiger partial charge in [0.2, 0.25) is 5.91 Å². The van der Waals surface area contributed by atoms with Gasteiger partial charge in [-0.15, -0.1) is 11.3 Å². The number of hydrogen-bond acceptors (Lipinski definition) is 6. The Morgan fingerprint density at radius 3 is 2.44 bits per heavy atom. The number of amides is 2. The van der Waals surface area contributed by atoms with Crippen LogP contribution in [0.4, 0.5) is 0 Å². The van der Waals surface area contributed by atoms with Gasteiger partial charge in [-0.25, -0.2) is 0 Å². The van der Waals surface area contributed by atoms with E-state index in [-0.39, 0.29) is 30.4 Å². The van der Waals surface area contributed by atoms with Crippen LogP contribution in [-0.2, 0) is 11.2 Å². The number of carbonyl (C=O) groups excluding carboxylic acids is 2. The lowest BCUT2D eigenvalue weighted by atomic mass is 10.00. The third-order valence-electron chi connectivity index (χ3n) is 6.37. The van der Waals surface area contributed by atoms with Crippen molar-refractivity contribution >= 4 is 23.2 Å². The minimum Gasteiger partial charge on any atom is -0.497 e. The van der Waals surface area contributed by atoms with E-state index in [0.717, 1.165) is 12.0 Å². The highest BCUT2D eigenvalue weighted by atomic mass is 32.1. The first kappa shape index (κ1) is 25.6. The standard InChI is InChI=1S/C28H32N2O5S/c1-19(2)30(28(32)20-7-5-8-21(15-20)33-3)17-27(31)29-13-11-26-24(12-14-36-26)25(29)18-35-23-10-6-9-22(16-23)34-4/h5-10,12,14-16,19,25H,11,13,17-18H2,1-4H3. The highest BCUT2D eigenvalue weighted by Gasteiger charge is 2.34. The van der Waals surface area contributed by atoms with Gasteiger partial charge in [-0.1, -0.05) is 12.1 Å². The Balaban J connectivity index is 1.53. The van der Waals surface area contributed by atoms with E-state index in [4.69, 9.17) is 14.2 Å². The zero-order valence-electron chi connectivity index (χ0n) is 21.1. The molecule has 1 unspecified atom stereocenters. The van der Waals surface area contributed by atoms with Crippen molar-refractivity contribution in [3.63, 3.8) is 0 Å². The van der Waals surface area contributed by atoms with Gasteiger partial charge in [-0.3, -0.25) is 9.59 Å². The van der Waals surface area contributed by atoms with E-state index in [9.17, 15) is 9.59 Å². The summed E-state index contributed by atoms with van der Waals surface area (Å²) in [6.07, 6.45) is 0.792. The molecule has 2 aromatic carbocycles. The molecule has 3 aromatic rings. The van der Waals surface area contributed by atoms with Crippen molar-refractivity contribution in [2.45, 2.75) is 32.4 Å². The predicted octanol–water partition coefficient (Wildman–Crippen LogP) is 4.82. The van der Waals surface area contributed by atoms with Gasteiger partial charge in [0.25, 0.3) is 5.91 Å². The molecular weight excluding hydrogens is 476 g/mol. The number of nitrogens with zero attached hydrogens (tertiary/aromatic N) is 2. The van der Waals surface area contributed by atoms with Gasteiger partial charge in [0.1, 0.15) is 30.4 Å². The van der Waals surface area contributed by atoms with Crippen molar-refractivity contribution in [2.24, 2.45) is 0 Å². The van der Waals surface area contributed by atoms with Crippen LogP contribution in [0.1, 0.15) is 40.7 Å². The van der Waals surface area contributed by atoms with Crippen molar-refractivity contribution < 1.29 is 23.8 Å². The van der Waals surface area contributed by atoms with Gasteiger partial charge in [0.05, 0.1) is 20.3 Å². The number of hydrogen-bond donors (Lipinski definition) is 0. The molecule has 0 spiro atoms. The number of benzene rings is 2. The zero-order valence-corrected chi connectivity index (χ0v) is 21.9. The molecule has 36 heavy (non-hydrogen) atoms. The molecule has 1 aliphatic rings. The Kier molecular flexibility index (Phi) is 8.15. The van der Waals surface area contributed by atoms with E-state index >= 15 is 0 Å².